The van der Waals surface area contributed by atoms with Crippen molar-refractivity contribution in [3.63, 3.8) is 0 Å². The molecule has 0 saturated heterocycles. The SMILES string of the molecule is Cc1cn(-c2cccnc2)nc(C(=O)O)c1=O. The predicted octanol–water partition coefficient (Wildman–Crippen LogP) is 0.634. The van der Waals surface area contributed by atoms with Crippen molar-refractivity contribution in [1.82, 2.24) is 14.8 Å². The van der Waals surface area contributed by atoms with Crippen LogP contribution in [0.15, 0.2) is 35.5 Å². The summed E-state index contributed by atoms with van der Waals surface area (Å²) in [7, 11) is 0. The molecule has 2 rings (SSSR count). The highest BCUT2D eigenvalue weighted by Gasteiger charge is 2.14. The molecule has 0 amide bonds. The Morgan fingerprint density at radius 1 is 1.47 bits per heavy atom. The summed E-state index contributed by atoms with van der Waals surface area (Å²) < 4.78 is 1.33. The molecule has 0 aliphatic carbocycles. The monoisotopic (exact) mass is 231 g/mol. The van der Waals surface area contributed by atoms with Gasteiger partial charge >= 0.3 is 5.97 Å². The van der Waals surface area contributed by atoms with Crippen LogP contribution in [-0.2, 0) is 0 Å². The number of rotatable bonds is 2. The van der Waals surface area contributed by atoms with Crippen LogP contribution in [-0.4, -0.2) is 25.8 Å². The molecule has 0 atom stereocenters. The van der Waals surface area contributed by atoms with Crippen molar-refractivity contribution in [1.29, 1.82) is 0 Å². The number of hydrogen-bond acceptors (Lipinski definition) is 4. The van der Waals surface area contributed by atoms with Crippen molar-refractivity contribution in [3.05, 3.63) is 52.2 Å². The third kappa shape index (κ3) is 2.05. The van der Waals surface area contributed by atoms with Gasteiger partial charge < -0.3 is 5.11 Å². The maximum absolute atomic E-state index is 11.5. The molecule has 6 heteroatoms. The molecule has 0 aliphatic heterocycles. The molecule has 2 aromatic heterocycles. The average Bonchev–Trinajstić information content (AvgIpc) is 2.33. The molecule has 0 aliphatic rings. The third-order valence-corrected chi connectivity index (χ3v) is 2.21. The Balaban J connectivity index is 2.66. The largest absolute Gasteiger partial charge is 0.476 e. The Labute approximate surface area is 96.2 Å². The minimum atomic E-state index is -1.34. The van der Waals surface area contributed by atoms with Crippen molar-refractivity contribution >= 4 is 5.97 Å². The van der Waals surface area contributed by atoms with E-state index in [0.717, 1.165) is 0 Å². The lowest BCUT2D eigenvalue weighted by Crippen LogP contribution is -2.23. The molecule has 86 valence electrons. The lowest BCUT2D eigenvalue weighted by atomic mass is 10.2. The first-order valence-electron chi connectivity index (χ1n) is 4.84. The van der Waals surface area contributed by atoms with Crippen molar-refractivity contribution in [2.75, 3.05) is 0 Å². The topological polar surface area (TPSA) is 85.1 Å². The van der Waals surface area contributed by atoms with Crippen molar-refractivity contribution < 1.29 is 9.90 Å². The van der Waals surface area contributed by atoms with E-state index in [-0.39, 0.29) is 0 Å². The molecule has 0 radical (unpaired) electrons. The second kappa shape index (κ2) is 4.17. The van der Waals surface area contributed by atoms with E-state index in [1.807, 2.05) is 0 Å². The van der Waals surface area contributed by atoms with Crippen LogP contribution in [0.3, 0.4) is 0 Å². The molecule has 0 spiro atoms. The van der Waals surface area contributed by atoms with Gasteiger partial charge in [-0.2, -0.15) is 5.10 Å². The van der Waals surface area contributed by atoms with E-state index in [9.17, 15) is 9.59 Å². The van der Waals surface area contributed by atoms with Gasteiger partial charge in [-0.25, -0.2) is 9.48 Å². The number of carboxylic acid groups (broad SMARTS) is 1. The smallest absolute Gasteiger partial charge is 0.360 e. The van der Waals surface area contributed by atoms with Crippen molar-refractivity contribution in [2.45, 2.75) is 6.92 Å². The number of aromatic carboxylic acids is 1. The average molecular weight is 231 g/mol. The van der Waals surface area contributed by atoms with Crippen LogP contribution in [0.1, 0.15) is 16.1 Å². The number of hydrogen-bond donors (Lipinski definition) is 1. The summed E-state index contributed by atoms with van der Waals surface area (Å²) in [4.78, 5) is 26.3. The van der Waals surface area contributed by atoms with Gasteiger partial charge in [0.25, 0.3) is 0 Å². The molecule has 0 bridgehead atoms. The van der Waals surface area contributed by atoms with E-state index in [2.05, 4.69) is 10.1 Å². The highest BCUT2D eigenvalue weighted by molar-refractivity contribution is 5.85. The van der Waals surface area contributed by atoms with Gasteiger partial charge in [0.2, 0.25) is 11.1 Å². The zero-order valence-corrected chi connectivity index (χ0v) is 8.99. The molecular formula is C11H9N3O3. The van der Waals surface area contributed by atoms with Gasteiger partial charge in [0, 0.05) is 18.0 Å². The van der Waals surface area contributed by atoms with Gasteiger partial charge in [0.05, 0.1) is 11.9 Å². The lowest BCUT2D eigenvalue weighted by molar-refractivity contribution is 0.0686. The molecule has 0 fully saturated rings. The Morgan fingerprint density at radius 3 is 2.82 bits per heavy atom. The molecule has 0 aromatic carbocycles. The molecular weight excluding hydrogens is 222 g/mol. The lowest BCUT2D eigenvalue weighted by Gasteiger charge is -2.06. The Morgan fingerprint density at radius 2 is 2.24 bits per heavy atom. The number of aromatic nitrogens is 3. The second-order valence-corrected chi connectivity index (χ2v) is 3.45. The van der Waals surface area contributed by atoms with Gasteiger partial charge in [0.1, 0.15) is 0 Å². The number of nitrogens with zero attached hydrogens (tertiary/aromatic N) is 3. The summed E-state index contributed by atoms with van der Waals surface area (Å²) >= 11 is 0. The summed E-state index contributed by atoms with van der Waals surface area (Å²) in [5, 5.41) is 12.6. The van der Waals surface area contributed by atoms with Crippen molar-refractivity contribution in [3.8, 4) is 5.69 Å². The van der Waals surface area contributed by atoms with Crippen LogP contribution < -0.4 is 5.43 Å². The molecule has 2 aromatic rings. The van der Waals surface area contributed by atoms with Gasteiger partial charge in [-0.3, -0.25) is 9.78 Å². The summed E-state index contributed by atoms with van der Waals surface area (Å²) in [5.74, 6) is -1.34. The first-order chi connectivity index (χ1) is 8.09. The second-order valence-electron chi connectivity index (χ2n) is 3.45. The normalized spacial score (nSPS) is 10.2. The van der Waals surface area contributed by atoms with Crippen LogP contribution in [0.2, 0.25) is 0 Å². The van der Waals surface area contributed by atoms with Gasteiger partial charge in [-0.05, 0) is 19.1 Å². The molecule has 17 heavy (non-hydrogen) atoms. The maximum Gasteiger partial charge on any atom is 0.360 e. The fourth-order valence-electron chi connectivity index (χ4n) is 1.37. The van der Waals surface area contributed by atoms with E-state index in [0.29, 0.717) is 11.3 Å². The van der Waals surface area contributed by atoms with Crippen LogP contribution in [0.25, 0.3) is 5.69 Å². The number of carboxylic acids is 1. The molecule has 2 heterocycles. The molecule has 1 N–H and O–H groups in total. The Kier molecular flexibility index (Phi) is 2.70. The number of pyridine rings is 1. The first-order valence-corrected chi connectivity index (χ1v) is 4.84. The Hall–Kier alpha value is -2.50. The van der Waals surface area contributed by atoms with E-state index >= 15 is 0 Å². The fourth-order valence-corrected chi connectivity index (χ4v) is 1.37. The Bertz CT molecular complexity index is 620. The molecule has 0 saturated carbocycles. The predicted molar refractivity (Wildman–Crippen MR) is 59.3 cm³/mol. The third-order valence-electron chi connectivity index (χ3n) is 2.21. The van der Waals surface area contributed by atoms with E-state index in [1.54, 1.807) is 25.3 Å². The van der Waals surface area contributed by atoms with Gasteiger partial charge in [-0.1, -0.05) is 0 Å². The van der Waals surface area contributed by atoms with E-state index < -0.39 is 17.1 Å². The first kappa shape index (κ1) is 11.0. The number of aryl methyl sites for hydroxylation is 1. The summed E-state index contributed by atoms with van der Waals surface area (Å²) in [6.45, 7) is 1.54. The van der Waals surface area contributed by atoms with Crippen molar-refractivity contribution in [2.24, 2.45) is 0 Å². The van der Waals surface area contributed by atoms with Crippen LogP contribution >= 0.6 is 0 Å². The summed E-state index contributed by atoms with van der Waals surface area (Å²) in [5.41, 5.74) is -0.147. The highest BCUT2D eigenvalue weighted by atomic mass is 16.4. The van der Waals surface area contributed by atoms with Gasteiger partial charge in [-0.15, -0.1) is 0 Å². The van der Waals surface area contributed by atoms with E-state index in [1.165, 1.54) is 17.1 Å². The zero-order valence-electron chi connectivity index (χ0n) is 8.99. The standard InChI is InChI=1S/C11H9N3O3/c1-7-6-14(8-3-2-4-12-5-8)13-9(10(7)15)11(16)17/h2-6H,1H3,(H,16,17). The van der Waals surface area contributed by atoms with Crippen LogP contribution in [0, 0.1) is 6.92 Å². The summed E-state index contributed by atoms with van der Waals surface area (Å²) in [6, 6.07) is 3.42. The van der Waals surface area contributed by atoms with Crippen LogP contribution in [0.5, 0.6) is 0 Å². The van der Waals surface area contributed by atoms with Crippen LogP contribution in [0.4, 0.5) is 0 Å². The minimum Gasteiger partial charge on any atom is -0.476 e. The maximum atomic E-state index is 11.5. The minimum absolute atomic E-state index is 0.321. The summed E-state index contributed by atoms with van der Waals surface area (Å²) in [6.07, 6.45) is 4.60. The number of carbonyl (C=O) groups is 1. The fraction of sp³-hybridized carbons (Fsp3) is 0.0909. The molecule has 6 nitrogen and oxygen atoms in total. The highest BCUT2D eigenvalue weighted by Crippen LogP contribution is 2.03. The molecule has 0 unspecified atom stereocenters. The van der Waals surface area contributed by atoms with Gasteiger partial charge in [0.15, 0.2) is 0 Å². The quantitative estimate of drug-likeness (QED) is 0.819. The van der Waals surface area contributed by atoms with E-state index in [4.69, 9.17) is 5.11 Å². The zero-order chi connectivity index (χ0) is 12.4.